The molecule has 1 N–H and O–H groups in total. The van der Waals surface area contributed by atoms with Crippen molar-refractivity contribution in [3.63, 3.8) is 0 Å². The highest BCUT2D eigenvalue weighted by atomic mass is 32.1. The molecule has 0 bridgehead atoms. The topological polar surface area (TPSA) is 51.2 Å². The Balaban J connectivity index is 1.35. The van der Waals surface area contributed by atoms with Crippen LogP contribution in [-0.2, 0) is 16.0 Å². The molecule has 1 aliphatic heterocycles. The van der Waals surface area contributed by atoms with E-state index in [1.165, 1.54) is 17.0 Å². The number of carbonyl (C=O) groups is 1. The van der Waals surface area contributed by atoms with Gasteiger partial charge in [-0.1, -0.05) is 0 Å². The molecule has 22 heavy (non-hydrogen) atoms. The van der Waals surface area contributed by atoms with Crippen LogP contribution in [0.25, 0.3) is 0 Å². The number of hydrogen-bond donors (Lipinski definition) is 1. The van der Waals surface area contributed by atoms with Gasteiger partial charge in [0.2, 0.25) is 5.91 Å². The first-order valence-electron chi connectivity index (χ1n) is 8.50. The van der Waals surface area contributed by atoms with Crippen LogP contribution in [0.3, 0.4) is 0 Å². The highest BCUT2D eigenvalue weighted by molar-refractivity contribution is 7.11. The molecule has 4 rings (SSSR count). The van der Waals surface area contributed by atoms with Crippen molar-refractivity contribution < 1.29 is 9.53 Å². The summed E-state index contributed by atoms with van der Waals surface area (Å²) >= 11 is 1.83. The van der Waals surface area contributed by atoms with Crippen molar-refractivity contribution in [1.82, 2.24) is 10.3 Å². The van der Waals surface area contributed by atoms with E-state index in [4.69, 9.17) is 9.72 Å². The molecule has 1 aromatic heterocycles. The fraction of sp³-hybridized carbons (Fsp3) is 0.765. The molecule has 1 saturated carbocycles. The van der Waals surface area contributed by atoms with Gasteiger partial charge in [-0.05, 0) is 50.9 Å². The van der Waals surface area contributed by atoms with Crippen LogP contribution in [0.4, 0.5) is 0 Å². The summed E-state index contributed by atoms with van der Waals surface area (Å²) in [5, 5.41) is 4.38. The molecule has 3 aliphatic rings. The molecule has 2 fully saturated rings. The first-order chi connectivity index (χ1) is 10.7. The third kappa shape index (κ3) is 2.58. The van der Waals surface area contributed by atoms with Crippen molar-refractivity contribution in [2.45, 2.75) is 51.4 Å². The number of thiazole rings is 1. The van der Waals surface area contributed by atoms with E-state index in [1.807, 2.05) is 11.3 Å². The largest absolute Gasteiger partial charge is 0.381 e. The second kappa shape index (κ2) is 5.60. The van der Waals surface area contributed by atoms with Gasteiger partial charge in [0, 0.05) is 36.5 Å². The van der Waals surface area contributed by atoms with Crippen molar-refractivity contribution >= 4 is 17.2 Å². The molecule has 0 radical (unpaired) electrons. The molecule has 1 spiro atoms. The predicted octanol–water partition coefficient (Wildman–Crippen LogP) is 2.80. The van der Waals surface area contributed by atoms with Crippen LogP contribution in [0.5, 0.6) is 0 Å². The van der Waals surface area contributed by atoms with Crippen LogP contribution < -0.4 is 5.32 Å². The van der Waals surface area contributed by atoms with Crippen LogP contribution in [0, 0.1) is 18.3 Å². The van der Waals surface area contributed by atoms with Crippen LogP contribution in [-0.4, -0.2) is 30.6 Å². The number of carbonyl (C=O) groups excluding carboxylic acids is 1. The van der Waals surface area contributed by atoms with Gasteiger partial charge in [-0.25, -0.2) is 4.98 Å². The summed E-state index contributed by atoms with van der Waals surface area (Å²) in [6.07, 6.45) is 6.72. The van der Waals surface area contributed by atoms with Gasteiger partial charge in [-0.15, -0.1) is 11.3 Å². The van der Waals surface area contributed by atoms with E-state index in [0.29, 0.717) is 5.92 Å². The average Bonchev–Trinajstić information content (AvgIpc) is 3.05. The third-order valence-corrected chi connectivity index (χ3v) is 6.74. The Labute approximate surface area is 135 Å². The molecule has 1 saturated heterocycles. The van der Waals surface area contributed by atoms with Crippen molar-refractivity contribution in [3.8, 4) is 0 Å². The van der Waals surface area contributed by atoms with Gasteiger partial charge >= 0.3 is 0 Å². The summed E-state index contributed by atoms with van der Waals surface area (Å²) in [5.74, 6) is 0.916. The van der Waals surface area contributed by atoms with Gasteiger partial charge in [0.05, 0.1) is 10.7 Å². The summed E-state index contributed by atoms with van der Waals surface area (Å²) in [4.78, 5) is 18.6. The normalized spacial score (nSPS) is 29.1. The van der Waals surface area contributed by atoms with E-state index in [0.717, 1.165) is 56.9 Å². The van der Waals surface area contributed by atoms with E-state index in [9.17, 15) is 4.79 Å². The Kier molecular flexibility index (Phi) is 3.73. The molecule has 2 atom stereocenters. The molecular weight excluding hydrogens is 296 g/mol. The fourth-order valence-corrected chi connectivity index (χ4v) is 5.29. The first kappa shape index (κ1) is 14.6. The summed E-state index contributed by atoms with van der Waals surface area (Å²) < 4.78 is 5.43. The van der Waals surface area contributed by atoms with Crippen LogP contribution in [0.1, 0.15) is 53.6 Å². The Hall–Kier alpha value is -0.940. The van der Waals surface area contributed by atoms with E-state index >= 15 is 0 Å². The molecule has 1 amide bonds. The highest BCUT2D eigenvalue weighted by Gasteiger charge is 2.57. The maximum atomic E-state index is 12.5. The number of amides is 1. The zero-order valence-corrected chi connectivity index (χ0v) is 14.0. The van der Waals surface area contributed by atoms with Gasteiger partial charge in [-0.3, -0.25) is 4.79 Å². The van der Waals surface area contributed by atoms with E-state index in [-0.39, 0.29) is 17.2 Å². The zero-order valence-electron chi connectivity index (χ0n) is 13.2. The van der Waals surface area contributed by atoms with Crippen LogP contribution in [0.15, 0.2) is 0 Å². The molecule has 4 nitrogen and oxygen atoms in total. The summed E-state index contributed by atoms with van der Waals surface area (Å²) in [5.41, 5.74) is 1.53. The number of nitrogens with zero attached hydrogens (tertiary/aromatic N) is 1. The van der Waals surface area contributed by atoms with Crippen molar-refractivity contribution in [1.29, 1.82) is 0 Å². The lowest BCUT2D eigenvalue weighted by atomic mass is 9.90. The minimum absolute atomic E-state index is 0.233. The number of nitrogens with one attached hydrogen (secondary N) is 1. The quantitative estimate of drug-likeness (QED) is 0.932. The summed E-state index contributed by atoms with van der Waals surface area (Å²) in [7, 11) is 0. The Bertz CT molecular complexity index is 577. The molecule has 2 aliphatic carbocycles. The number of fused-ring (bicyclic) bond motifs is 1. The van der Waals surface area contributed by atoms with Gasteiger partial charge in [0.1, 0.15) is 0 Å². The second-order valence-corrected chi connectivity index (χ2v) is 8.39. The average molecular weight is 320 g/mol. The SMILES string of the molecule is Cc1nc2c(s1)CCC[C@@H]2CNC(=O)[C@H]1CC12CCOCC2. The molecule has 120 valence electrons. The Morgan fingerprint density at radius 1 is 1.45 bits per heavy atom. The zero-order chi connectivity index (χ0) is 15.2. The van der Waals surface area contributed by atoms with Gasteiger partial charge < -0.3 is 10.1 Å². The number of rotatable bonds is 3. The van der Waals surface area contributed by atoms with E-state index in [1.54, 1.807) is 0 Å². The van der Waals surface area contributed by atoms with Crippen molar-refractivity contribution in [2.24, 2.45) is 11.3 Å². The number of aromatic nitrogens is 1. The molecule has 0 aromatic carbocycles. The Morgan fingerprint density at radius 2 is 2.27 bits per heavy atom. The lowest BCUT2D eigenvalue weighted by molar-refractivity contribution is -0.123. The van der Waals surface area contributed by atoms with Crippen LogP contribution >= 0.6 is 11.3 Å². The van der Waals surface area contributed by atoms with Crippen LogP contribution in [0.2, 0.25) is 0 Å². The third-order valence-electron chi connectivity index (χ3n) is 5.70. The van der Waals surface area contributed by atoms with Crippen molar-refractivity contribution in [3.05, 3.63) is 15.6 Å². The monoisotopic (exact) mass is 320 g/mol. The smallest absolute Gasteiger partial charge is 0.223 e. The molecule has 0 unspecified atom stereocenters. The minimum Gasteiger partial charge on any atom is -0.381 e. The lowest BCUT2D eigenvalue weighted by Gasteiger charge is -2.24. The van der Waals surface area contributed by atoms with Gasteiger partial charge in [0.15, 0.2) is 0 Å². The number of ether oxygens (including phenoxy) is 1. The fourth-order valence-electron chi connectivity index (χ4n) is 4.22. The molecular formula is C17H24N2O2S. The second-order valence-electron chi connectivity index (χ2n) is 7.11. The van der Waals surface area contributed by atoms with Gasteiger partial charge in [0.25, 0.3) is 0 Å². The van der Waals surface area contributed by atoms with Crippen molar-refractivity contribution in [2.75, 3.05) is 19.8 Å². The molecule has 5 heteroatoms. The lowest BCUT2D eigenvalue weighted by Crippen LogP contribution is -2.33. The standard InChI is InChI=1S/C17H24N2O2S/c1-11-19-15-12(3-2-4-14(15)22-11)10-18-16(20)13-9-17(13)5-7-21-8-6-17/h12-13H,2-10H2,1H3,(H,18,20)/t12-,13-/m1/s1. The summed E-state index contributed by atoms with van der Waals surface area (Å²) in [6, 6.07) is 0. The maximum absolute atomic E-state index is 12.5. The number of hydrogen-bond acceptors (Lipinski definition) is 4. The minimum atomic E-state index is 0.233. The van der Waals surface area contributed by atoms with Gasteiger partial charge in [-0.2, -0.15) is 0 Å². The number of aryl methyl sites for hydroxylation is 2. The Morgan fingerprint density at radius 3 is 3.09 bits per heavy atom. The maximum Gasteiger partial charge on any atom is 0.223 e. The predicted molar refractivity (Wildman–Crippen MR) is 86.1 cm³/mol. The molecule has 2 heterocycles. The van der Waals surface area contributed by atoms with E-state index < -0.39 is 0 Å². The first-order valence-corrected chi connectivity index (χ1v) is 9.31. The molecule has 1 aromatic rings. The summed E-state index contributed by atoms with van der Waals surface area (Å²) in [6.45, 7) is 4.50. The highest BCUT2D eigenvalue weighted by Crippen LogP contribution is 2.59. The van der Waals surface area contributed by atoms with E-state index in [2.05, 4.69) is 12.2 Å².